The highest BCUT2D eigenvalue weighted by Gasteiger charge is 2.30. The number of aromatic hydroxyl groups is 1. The lowest BCUT2D eigenvalue weighted by Crippen LogP contribution is -2.28. The molecule has 1 amide bonds. The molecule has 1 heterocycles. The van der Waals surface area contributed by atoms with E-state index in [1.165, 1.54) is 23.1 Å². The van der Waals surface area contributed by atoms with Gasteiger partial charge in [0.2, 0.25) is 5.91 Å². The fourth-order valence-electron chi connectivity index (χ4n) is 1.92. The van der Waals surface area contributed by atoms with E-state index in [4.69, 9.17) is 5.73 Å². The minimum absolute atomic E-state index is 0.0589. The van der Waals surface area contributed by atoms with Crippen LogP contribution in [0.15, 0.2) is 23.1 Å². The minimum atomic E-state index is -3.38. The van der Waals surface area contributed by atoms with Gasteiger partial charge in [-0.3, -0.25) is 4.79 Å². The van der Waals surface area contributed by atoms with E-state index in [-0.39, 0.29) is 41.2 Å². The monoisotopic (exact) mass is 270 g/mol. The van der Waals surface area contributed by atoms with Crippen molar-refractivity contribution in [1.82, 2.24) is 0 Å². The summed E-state index contributed by atoms with van der Waals surface area (Å²) in [6.07, 6.45) is 1.27. The Balaban J connectivity index is 2.48. The fourth-order valence-corrected chi connectivity index (χ4v) is 2.56. The molecule has 1 unspecified atom stereocenters. The topological polar surface area (TPSA) is 101 Å². The molecule has 1 fully saturated rings. The van der Waals surface area contributed by atoms with E-state index < -0.39 is 9.84 Å². The third kappa shape index (κ3) is 2.32. The number of carbonyl (C=O) groups excluding carboxylic acids is 1. The van der Waals surface area contributed by atoms with E-state index in [2.05, 4.69) is 0 Å². The largest absolute Gasteiger partial charge is 0.506 e. The maximum Gasteiger partial charge on any atom is 0.228 e. The second-order valence-corrected chi connectivity index (χ2v) is 6.41. The second-order valence-electron chi connectivity index (χ2n) is 4.39. The van der Waals surface area contributed by atoms with Gasteiger partial charge in [0.05, 0.1) is 10.6 Å². The van der Waals surface area contributed by atoms with Gasteiger partial charge in [0.1, 0.15) is 5.75 Å². The molecule has 1 aliphatic heterocycles. The average Bonchev–Trinajstić information content (AvgIpc) is 2.56. The van der Waals surface area contributed by atoms with Crippen LogP contribution in [0.4, 0.5) is 5.69 Å². The first kappa shape index (κ1) is 12.8. The molecule has 1 aromatic rings. The van der Waals surface area contributed by atoms with Gasteiger partial charge < -0.3 is 15.7 Å². The Bertz CT molecular complexity index is 597. The Labute approximate surface area is 105 Å². The van der Waals surface area contributed by atoms with E-state index in [1.54, 1.807) is 0 Å². The van der Waals surface area contributed by atoms with Crippen LogP contribution in [-0.2, 0) is 14.6 Å². The van der Waals surface area contributed by atoms with Gasteiger partial charge >= 0.3 is 0 Å². The molecule has 0 aliphatic carbocycles. The summed E-state index contributed by atoms with van der Waals surface area (Å²) in [5.41, 5.74) is 5.86. The zero-order valence-corrected chi connectivity index (χ0v) is 10.6. The molecule has 1 aromatic carbocycles. The van der Waals surface area contributed by atoms with Gasteiger partial charge in [0.25, 0.3) is 0 Å². The Morgan fingerprint density at radius 2 is 2.11 bits per heavy atom. The number of hydrogen-bond acceptors (Lipinski definition) is 5. The van der Waals surface area contributed by atoms with E-state index in [0.29, 0.717) is 0 Å². The quantitative estimate of drug-likeness (QED) is 0.779. The van der Waals surface area contributed by atoms with Crippen LogP contribution in [0.3, 0.4) is 0 Å². The molecule has 0 spiro atoms. The molecule has 1 aliphatic rings. The Kier molecular flexibility index (Phi) is 3.04. The first-order valence-electron chi connectivity index (χ1n) is 5.38. The second kappa shape index (κ2) is 4.25. The minimum Gasteiger partial charge on any atom is -0.506 e. The standard InChI is InChI=1S/C11H14N2O4S/c1-18(16,17)8-2-3-10(14)9(5-8)13-6-7(12)4-11(13)15/h2-3,5,7,14H,4,6,12H2,1H3. The van der Waals surface area contributed by atoms with E-state index >= 15 is 0 Å². The molecular weight excluding hydrogens is 256 g/mol. The van der Waals surface area contributed by atoms with Gasteiger partial charge in [-0.15, -0.1) is 0 Å². The van der Waals surface area contributed by atoms with Crippen molar-refractivity contribution in [3.8, 4) is 5.75 Å². The first-order valence-corrected chi connectivity index (χ1v) is 7.27. The zero-order chi connectivity index (χ0) is 13.5. The smallest absolute Gasteiger partial charge is 0.228 e. The van der Waals surface area contributed by atoms with Crippen molar-refractivity contribution in [2.75, 3.05) is 17.7 Å². The predicted octanol–water partition coefficient (Wildman–Crippen LogP) is -0.140. The Morgan fingerprint density at radius 1 is 1.44 bits per heavy atom. The lowest BCUT2D eigenvalue weighted by molar-refractivity contribution is -0.117. The summed E-state index contributed by atoms with van der Waals surface area (Å²) in [4.78, 5) is 13.1. The normalized spacial score (nSPS) is 20.4. The van der Waals surface area contributed by atoms with Crippen LogP contribution < -0.4 is 10.6 Å². The summed E-state index contributed by atoms with van der Waals surface area (Å²) in [6, 6.07) is 3.57. The van der Waals surface area contributed by atoms with Crippen molar-refractivity contribution in [1.29, 1.82) is 0 Å². The SMILES string of the molecule is CS(=O)(=O)c1ccc(O)c(N2CC(N)CC2=O)c1. The van der Waals surface area contributed by atoms with Gasteiger partial charge in [-0.2, -0.15) is 0 Å². The summed E-state index contributed by atoms with van der Waals surface area (Å²) in [6.45, 7) is 0.277. The molecule has 1 atom stereocenters. The molecule has 0 bridgehead atoms. The number of amides is 1. The Morgan fingerprint density at radius 3 is 2.61 bits per heavy atom. The summed E-state index contributed by atoms with van der Waals surface area (Å²) in [5, 5.41) is 9.74. The fraction of sp³-hybridized carbons (Fsp3) is 0.364. The molecule has 7 heteroatoms. The van der Waals surface area contributed by atoms with E-state index in [1.807, 2.05) is 0 Å². The average molecular weight is 270 g/mol. The van der Waals surface area contributed by atoms with Crippen molar-refractivity contribution in [3.63, 3.8) is 0 Å². The van der Waals surface area contributed by atoms with Gasteiger partial charge in [0.15, 0.2) is 9.84 Å². The number of benzene rings is 1. The van der Waals surface area contributed by atoms with Crippen LogP contribution in [0.1, 0.15) is 6.42 Å². The number of carbonyl (C=O) groups is 1. The number of hydrogen-bond donors (Lipinski definition) is 2. The summed E-state index contributed by atoms with van der Waals surface area (Å²) in [7, 11) is -3.38. The van der Waals surface area contributed by atoms with Gasteiger partial charge in [0, 0.05) is 25.3 Å². The van der Waals surface area contributed by atoms with Crippen LogP contribution in [0.25, 0.3) is 0 Å². The van der Waals surface area contributed by atoms with Gasteiger partial charge in [-0.1, -0.05) is 0 Å². The summed E-state index contributed by atoms with van der Waals surface area (Å²) < 4.78 is 22.9. The molecule has 98 valence electrons. The zero-order valence-electron chi connectivity index (χ0n) is 9.83. The number of rotatable bonds is 2. The number of nitrogens with two attached hydrogens (primary N) is 1. The van der Waals surface area contributed by atoms with Crippen molar-refractivity contribution in [2.45, 2.75) is 17.4 Å². The highest BCUT2D eigenvalue weighted by atomic mass is 32.2. The molecule has 1 saturated heterocycles. The molecule has 2 rings (SSSR count). The van der Waals surface area contributed by atoms with Crippen LogP contribution in [-0.4, -0.2) is 38.3 Å². The molecule has 6 nitrogen and oxygen atoms in total. The summed E-state index contributed by atoms with van der Waals surface area (Å²) in [5.74, 6) is -0.353. The lowest BCUT2D eigenvalue weighted by Gasteiger charge is -2.18. The van der Waals surface area contributed by atoms with Crippen molar-refractivity contribution in [3.05, 3.63) is 18.2 Å². The van der Waals surface area contributed by atoms with Crippen LogP contribution in [0, 0.1) is 0 Å². The van der Waals surface area contributed by atoms with Crippen LogP contribution in [0.5, 0.6) is 5.75 Å². The van der Waals surface area contributed by atoms with Crippen molar-refractivity contribution in [2.24, 2.45) is 5.73 Å². The van der Waals surface area contributed by atoms with Crippen LogP contribution >= 0.6 is 0 Å². The third-order valence-electron chi connectivity index (χ3n) is 2.82. The van der Waals surface area contributed by atoms with Gasteiger partial charge in [-0.05, 0) is 18.2 Å². The Hall–Kier alpha value is -1.60. The molecule has 0 saturated carbocycles. The number of sulfone groups is 1. The maximum absolute atomic E-state index is 11.7. The van der Waals surface area contributed by atoms with Gasteiger partial charge in [-0.25, -0.2) is 8.42 Å². The predicted molar refractivity (Wildman–Crippen MR) is 66.2 cm³/mol. The van der Waals surface area contributed by atoms with Crippen molar-refractivity contribution >= 4 is 21.4 Å². The van der Waals surface area contributed by atoms with E-state index in [0.717, 1.165) is 6.26 Å². The third-order valence-corrected chi connectivity index (χ3v) is 3.93. The number of nitrogens with zero attached hydrogens (tertiary/aromatic N) is 1. The van der Waals surface area contributed by atoms with Crippen molar-refractivity contribution < 1.29 is 18.3 Å². The molecular formula is C11H14N2O4S. The molecule has 3 N–H and O–H groups in total. The summed E-state index contributed by atoms with van der Waals surface area (Å²) >= 11 is 0. The highest BCUT2D eigenvalue weighted by molar-refractivity contribution is 7.90. The maximum atomic E-state index is 11.7. The number of anilines is 1. The molecule has 18 heavy (non-hydrogen) atoms. The first-order chi connectivity index (χ1) is 8.29. The van der Waals surface area contributed by atoms with E-state index in [9.17, 15) is 18.3 Å². The number of phenols is 1. The number of phenolic OH excluding ortho intramolecular Hbond substituents is 1. The lowest BCUT2D eigenvalue weighted by atomic mass is 10.2. The molecule has 0 aromatic heterocycles. The highest BCUT2D eigenvalue weighted by Crippen LogP contribution is 2.32. The van der Waals surface area contributed by atoms with Crippen LogP contribution in [0.2, 0.25) is 0 Å². The molecule has 0 radical (unpaired) electrons.